The molecule has 2 fully saturated rings. The first-order chi connectivity index (χ1) is 17.1. The summed E-state index contributed by atoms with van der Waals surface area (Å²) in [6.07, 6.45) is 3.01. The van der Waals surface area contributed by atoms with Crippen LogP contribution >= 0.6 is 0 Å². The minimum Gasteiger partial charge on any atom is -0.378 e. The Balaban J connectivity index is 1.25. The third-order valence-corrected chi connectivity index (χ3v) is 7.99. The van der Waals surface area contributed by atoms with Crippen LogP contribution in [0.3, 0.4) is 0 Å². The van der Waals surface area contributed by atoms with Gasteiger partial charge in [0.25, 0.3) is 0 Å². The predicted octanol–water partition coefficient (Wildman–Crippen LogP) is 3.14. The highest BCUT2D eigenvalue weighted by atomic mass is 16.5. The Morgan fingerprint density at radius 1 is 1.14 bits per heavy atom. The van der Waals surface area contributed by atoms with Crippen molar-refractivity contribution < 1.29 is 4.74 Å². The summed E-state index contributed by atoms with van der Waals surface area (Å²) in [7, 11) is 1.79. The molecule has 2 aromatic carbocycles. The molecule has 3 aliphatic heterocycles. The van der Waals surface area contributed by atoms with Gasteiger partial charge in [-0.25, -0.2) is 0 Å². The van der Waals surface area contributed by atoms with E-state index in [0.29, 0.717) is 23.7 Å². The average molecular weight is 469 g/mol. The van der Waals surface area contributed by atoms with Crippen LogP contribution in [-0.4, -0.2) is 67.4 Å². The zero-order valence-corrected chi connectivity index (χ0v) is 20.4. The lowest BCUT2D eigenvalue weighted by Gasteiger charge is -2.49. The van der Waals surface area contributed by atoms with Gasteiger partial charge in [0, 0.05) is 74.9 Å². The summed E-state index contributed by atoms with van der Waals surface area (Å²) in [5, 5.41) is 17.7. The van der Waals surface area contributed by atoms with Crippen molar-refractivity contribution in [2.24, 2.45) is 0 Å². The molecule has 0 saturated carbocycles. The van der Waals surface area contributed by atoms with Crippen molar-refractivity contribution in [1.82, 2.24) is 15.2 Å². The smallest absolute Gasteiger partial charge is 0.101 e. The van der Waals surface area contributed by atoms with Crippen molar-refractivity contribution in [2.45, 2.75) is 44.1 Å². The van der Waals surface area contributed by atoms with Crippen molar-refractivity contribution in [2.75, 3.05) is 43.5 Å². The molecule has 180 valence electrons. The van der Waals surface area contributed by atoms with Crippen molar-refractivity contribution in [1.29, 1.82) is 5.26 Å². The number of fused-ring (bicyclic) bond motifs is 3. The van der Waals surface area contributed by atoms with Crippen LogP contribution in [-0.2, 0) is 17.7 Å². The van der Waals surface area contributed by atoms with Crippen molar-refractivity contribution in [3.8, 4) is 6.07 Å². The number of nitrogens with zero attached hydrogens (tertiary/aromatic N) is 4. The van der Waals surface area contributed by atoms with Crippen LogP contribution in [0.1, 0.15) is 23.6 Å². The molecule has 6 rings (SSSR count). The lowest BCUT2D eigenvalue weighted by atomic mass is 9.89. The standard InChI is InChI=1S/C28H32N6O/c1-18-15-33(26-8-6-19(12-29)28-24(26)4-3-9-31-28)17-23-11-21-10-22(7-5-20(21)16-34(18)23)32-25-13-30-14-27(25)35-2/h3-10,18,23,25,27,30,32H,11,13-17H2,1-2H3/t18-,23+,25-,27+/m1/s1. The molecule has 0 unspecified atom stereocenters. The summed E-state index contributed by atoms with van der Waals surface area (Å²) in [6.45, 7) is 7.08. The fraction of sp³-hybridized carbons (Fsp3) is 0.429. The number of rotatable bonds is 4. The number of ether oxygens (including phenoxy) is 1. The van der Waals surface area contributed by atoms with E-state index < -0.39 is 0 Å². The Morgan fingerprint density at radius 2 is 2.06 bits per heavy atom. The van der Waals surface area contributed by atoms with E-state index in [1.165, 1.54) is 22.5 Å². The number of methoxy groups -OCH3 is 1. The normalized spacial score (nSPS) is 26.3. The lowest BCUT2D eigenvalue weighted by molar-refractivity contribution is 0.101. The zero-order chi connectivity index (χ0) is 23.9. The molecule has 35 heavy (non-hydrogen) atoms. The summed E-state index contributed by atoms with van der Waals surface area (Å²) in [4.78, 5) is 9.68. The topological polar surface area (TPSA) is 76.5 Å². The number of hydrogen-bond donors (Lipinski definition) is 2. The van der Waals surface area contributed by atoms with Crippen molar-refractivity contribution >= 4 is 22.3 Å². The number of nitrogens with one attached hydrogen (secondary N) is 2. The molecular weight excluding hydrogens is 436 g/mol. The first-order valence-corrected chi connectivity index (χ1v) is 12.5. The number of piperazine rings is 1. The molecule has 1 aromatic heterocycles. The van der Waals surface area contributed by atoms with Gasteiger partial charge in [-0.15, -0.1) is 0 Å². The van der Waals surface area contributed by atoms with Crippen LogP contribution in [0.2, 0.25) is 0 Å². The summed E-state index contributed by atoms with van der Waals surface area (Å²) in [6, 6.07) is 18.4. The maximum Gasteiger partial charge on any atom is 0.101 e. The second-order valence-corrected chi connectivity index (χ2v) is 10.1. The zero-order valence-electron chi connectivity index (χ0n) is 20.4. The molecule has 0 bridgehead atoms. The predicted molar refractivity (Wildman–Crippen MR) is 139 cm³/mol. The minimum absolute atomic E-state index is 0.200. The van der Waals surface area contributed by atoms with Crippen LogP contribution < -0.4 is 15.5 Å². The number of benzene rings is 2. The second-order valence-electron chi connectivity index (χ2n) is 10.1. The van der Waals surface area contributed by atoms with E-state index in [1.54, 1.807) is 13.3 Å². The average Bonchev–Trinajstić information content (AvgIpc) is 3.34. The van der Waals surface area contributed by atoms with Gasteiger partial charge in [-0.2, -0.15) is 5.26 Å². The quantitative estimate of drug-likeness (QED) is 0.609. The fourth-order valence-corrected chi connectivity index (χ4v) is 6.18. The lowest BCUT2D eigenvalue weighted by Crippen LogP contribution is -2.59. The highest BCUT2D eigenvalue weighted by Crippen LogP contribution is 2.35. The second kappa shape index (κ2) is 9.12. The molecule has 3 aliphatic rings. The van der Waals surface area contributed by atoms with Crippen LogP contribution in [0.4, 0.5) is 11.4 Å². The number of pyridine rings is 1. The molecule has 7 heteroatoms. The van der Waals surface area contributed by atoms with Gasteiger partial charge in [-0.05, 0) is 60.9 Å². The highest BCUT2D eigenvalue weighted by Gasteiger charge is 2.36. The van der Waals surface area contributed by atoms with Gasteiger partial charge in [0.15, 0.2) is 0 Å². The van der Waals surface area contributed by atoms with Gasteiger partial charge in [-0.3, -0.25) is 9.88 Å². The maximum absolute atomic E-state index is 9.54. The highest BCUT2D eigenvalue weighted by molar-refractivity contribution is 5.95. The maximum atomic E-state index is 9.54. The molecule has 2 saturated heterocycles. The Morgan fingerprint density at radius 3 is 2.91 bits per heavy atom. The Kier molecular flexibility index (Phi) is 5.81. The van der Waals surface area contributed by atoms with E-state index >= 15 is 0 Å². The van der Waals surface area contributed by atoms with E-state index in [1.807, 2.05) is 12.1 Å². The molecule has 3 aromatic rings. The van der Waals surface area contributed by atoms with E-state index in [9.17, 15) is 5.26 Å². The Labute approximate surface area is 206 Å². The SMILES string of the molecule is CO[C@H]1CNC[C@H]1Nc1ccc2c(c1)C[C@H]1CN(c3ccc(C#N)c4ncccc34)C[C@@H](C)N1C2. The molecule has 7 nitrogen and oxygen atoms in total. The molecule has 0 aliphatic carbocycles. The summed E-state index contributed by atoms with van der Waals surface area (Å²) in [5.41, 5.74) is 6.67. The Bertz CT molecular complexity index is 1290. The van der Waals surface area contributed by atoms with Crippen LogP contribution in [0.25, 0.3) is 10.9 Å². The van der Waals surface area contributed by atoms with Crippen LogP contribution in [0.15, 0.2) is 48.7 Å². The van der Waals surface area contributed by atoms with Gasteiger partial charge in [0.2, 0.25) is 0 Å². The summed E-state index contributed by atoms with van der Waals surface area (Å²) < 4.78 is 5.63. The van der Waals surface area contributed by atoms with Crippen LogP contribution in [0.5, 0.6) is 0 Å². The van der Waals surface area contributed by atoms with Gasteiger partial charge in [-0.1, -0.05) is 6.07 Å². The fourth-order valence-electron chi connectivity index (χ4n) is 6.18. The largest absolute Gasteiger partial charge is 0.378 e. The Hall–Kier alpha value is -3.18. The molecule has 0 spiro atoms. The van der Waals surface area contributed by atoms with E-state index in [0.717, 1.165) is 50.0 Å². The number of aromatic nitrogens is 1. The first-order valence-electron chi connectivity index (χ1n) is 12.5. The molecular formula is C28H32N6O. The molecule has 4 heterocycles. The number of nitriles is 1. The third kappa shape index (κ3) is 4.02. The summed E-state index contributed by atoms with van der Waals surface area (Å²) in [5.74, 6) is 0. The monoisotopic (exact) mass is 468 g/mol. The van der Waals surface area contributed by atoms with Gasteiger partial charge in [0.1, 0.15) is 6.07 Å². The molecule has 0 amide bonds. The molecule has 4 atom stereocenters. The van der Waals surface area contributed by atoms with E-state index in [2.05, 4.69) is 68.7 Å². The molecule has 0 radical (unpaired) electrons. The number of anilines is 2. The van der Waals surface area contributed by atoms with E-state index in [4.69, 9.17) is 4.74 Å². The molecule has 2 N–H and O–H groups in total. The summed E-state index contributed by atoms with van der Waals surface area (Å²) >= 11 is 0. The van der Waals surface area contributed by atoms with Gasteiger partial charge in [0.05, 0.1) is 23.2 Å². The third-order valence-electron chi connectivity index (χ3n) is 7.99. The van der Waals surface area contributed by atoms with Crippen LogP contribution in [0, 0.1) is 11.3 Å². The van der Waals surface area contributed by atoms with Gasteiger partial charge >= 0.3 is 0 Å². The van der Waals surface area contributed by atoms with Crippen molar-refractivity contribution in [3.05, 3.63) is 65.4 Å². The van der Waals surface area contributed by atoms with Gasteiger partial charge < -0.3 is 20.3 Å². The number of hydrogen-bond acceptors (Lipinski definition) is 7. The minimum atomic E-state index is 0.200. The first kappa shape index (κ1) is 22.3. The van der Waals surface area contributed by atoms with Crippen molar-refractivity contribution in [3.63, 3.8) is 0 Å². The van der Waals surface area contributed by atoms with E-state index in [-0.39, 0.29) is 6.10 Å².